The molecule has 2 heterocycles. The van der Waals surface area contributed by atoms with Crippen LogP contribution in [0.2, 0.25) is 0 Å². The summed E-state index contributed by atoms with van der Waals surface area (Å²) in [5.41, 5.74) is 13.8. The first kappa shape index (κ1) is 20.0. The summed E-state index contributed by atoms with van der Waals surface area (Å²) in [7, 11) is 0. The summed E-state index contributed by atoms with van der Waals surface area (Å²) >= 11 is 0. The van der Waals surface area contributed by atoms with Crippen LogP contribution in [0.3, 0.4) is 0 Å². The van der Waals surface area contributed by atoms with Crippen molar-refractivity contribution in [1.29, 1.82) is 0 Å². The maximum atomic E-state index is 14.7. The zero-order valence-electron chi connectivity index (χ0n) is 17.3. The van der Waals surface area contributed by atoms with Crippen LogP contribution in [0.15, 0.2) is 36.7 Å². The van der Waals surface area contributed by atoms with Gasteiger partial charge >= 0.3 is 0 Å². The molecule has 7 nitrogen and oxygen atoms in total. The predicted molar refractivity (Wildman–Crippen MR) is 113 cm³/mol. The second-order valence-electron chi connectivity index (χ2n) is 8.72. The Hall–Kier alpha value is -3.29. The SMILES string of the molecule is CC(C)(C)c1cc(Oc2ccc(C3CC(c4cnc(N)cn4)C3)cc2F)nc(N)n1. The summed E-state index contributed by atoms with van der Waals surface area (Å²) < 4.78 is 20.4. The molecule has 1 aliphatic carbocycles. The number of anilines is 2. The second kappa shape index (κ2) is 7.51. The first-order valence-electron chi connectivity index (χ1n) is 9.89. The molecule has 1 aliphatic rings. The predicted octanol–water partition coefficient (Wildman–Crippen LogP) is 4.32. The molecule has 8 heteroatoms. The molecule has 1 saturated carbocycles. The van der Waals surface area contributed by atoms with Crippen LogP contribution in [-0.2, 0) is 5.41 Å². The van der Waals surface area contributed by atoms with Gasteiger partial charge in [-0.25, -0.2) is 14.4 Å². The number of ether oxygens (including phenoxy) is 1. The highest BCUT2D eigenvalue weighted by Gasteiger charge is 2.33. The van der Waals surface area contributed by atoms with Gasteiger partial charge < -0.3 is 16.2 Å². The van der Waals surface area contributed by atoms with Crippen LogP contribution in [0.25, 0.3) is 0 Å². The molecule has 2 aromatic heterocycles. The highest BCUT2D eigenvalue weighted by Crippen LogP contribution is 2.47. The average Bonchev–Trinajstić information content (AvgIpc) is 2.63. The maximum Gasteiger partial charge on any atom is 0.224 e. The third-order valence-corrected chi connectivity index (χ3v) is 5.38. The minimum atomic E-state index is -0.433. The molecule has 30 heavy (non-hydrogen) atoms. The molecule has 0 bridgehead atoms. The van der Waals surface area contributed by atoms with Gasteiger partial charge in [0.2, 0.25) is 11.8 Å². The van der Waals surface area contributed by atoms with E-state index in [0.717, 1.165) is 29.8 Å². The minimum Gasteiger partial charge on any atom is -0.436 e. The van der Waals surface area contributed by atoms with E-state index in [9.17, 15) is 4.39 Å². The molecule has 1 fully saturated rings. The van der Waals surface area contributed by atoms with Crippen LogP contribution >= 0.6 is 0 Å². The van der Waals surface area contributed by atoms with Gasteiger partial charge in [0.05, 0.1) is 23.8 Å². The average molecular weight is 408 g/mol. The van der Waals surface area contributed by atoms with Crippen molar-refractivity contribution in [2.24, 2.45) is 0 Å². The summed E-state index contributed by atoms with van der Waals surface area (Å²) in [4.78, 5) is 16.7. The van der Waals surface area contributed by atoms with Gasteiger partial charge in [-0.2, -0.15) is 4.98 Å². The third-order valence-electron chi connectivity index (χ3n) is 5.38. The van der Waals surface area contributed by atoms with E-state index in [1.54, 1.807) is 24.5 Å². The molecule has 0 spiro atoms. The minimum absolute atomic E-state index is 0.0979. The van der Waals surface area contributed by atoms with Gasteiger partial charge in [-0.1, -0.05) is 26.8 Å². The normalized spacial score (nSPS) is 18.7. The van der Waals surface area contributed by atoms with Crippen molar-refractivity contribution in [3.8, 4) is 11.6 Å². The maximum absolute atomic E-state index is 14.7. The smallest absolute Gasteiger partial charge is 0.224 e. The van der Waals surface area contributed by atoms with E-state index in [2.05, 4.69) is 19.9 Å². The molecule has 0 unspecified atom stereocenters. The lowest BCUT2D eigenvalue weighted by Crippen LogP contribution is -2.21. The number of aromatic nitrogens is 4. The van der Waals surface area contributed by atoms with E-state index in [4.69, 9.17) is 16.2 Å². The van der Waals surface area contributed by atoms with E-state index in [1.807, 2.05) is 26.8 Å². The molecule has 0 amide bonds. The Balaban J connectivity index is 1.46. The van der Waals surface area contributed by atoms with Crippen LogP contribution < -0.4 is 16.2 Å². The molecule has 1 aromatic carbocycles. The second-order valence-corrected chi connectivity index (χ2v) is 8.72. The lowest BCUT2D eigenvalue weighted by molar-refractivity contribution is 0.342. The topological polar surface area (TPSA) is 113 Å². The van der Waals surface area contributed by atoms with Crippen molar-refractivity contribution in [3.63, 3.8) is 0 Å². The lowest BCUT2D eigenvalue weighted by Gasteiger charge is -2.35. The largest absolute Gasteiger partial charge is 0.436 e. The first-order valence-corrected chi connectivity index (χ1v) is 9.89. The number of hydrogen-bond donors (Lipinski definition) is 2. The van der Waals surface area contributed by atoms with Crippen molar-refractivity contribution in [1.82, 2.24) is 19.9 Å². The number of benzene rings is 1. The molecule has 0 atom stereocenters. The first-order chi connectivity index (χ1) is 14.2. The van der Waals surface area contributed by atoms with Crippen molar-refractivity contribution in [2.75, 3.05) is 11.5 Å². The summed E-state index contributed by atoms with van der Waals surface area (Å²) in [6.45, 7) is 6.03. The van der Waals surface area contributed by atoms with E-state index < -0.39 is 5.82 Å². The van der Waals surface area contributed by atoms with Crippen molar-refractivity contribution in [2.45, 2.75) is 50.9 Å². The number of hydrogen-bond acceptors (Lipinski definition) is 7. The summed E-state index contributed by atoms with van der Waals surface area (Å²) in [5.74, 6) is 1.01. The van der Waals surface area contributed by atoms with Gasteiger partial charge in [0.15, 0.2) is 11.6 Å². The van der Waals surface area contributed by atoms with Crippen molar-refractivity contribution >= 4 is 11.8 Å². The highest BCUT2D eigenvalue weighted by molar-refractivity contribution is 5.37. The quantitative estimate of drug-likeness (QED) is 0.661. The van der Waals surface area contributed by atoms with Gasteiger partial charge in [0, 0.05) is 17.4 Å². The summed E-state index contributed by atoms with van der Waals surface area (Å²) in [6, 6.07) is 6.74. The molecule has 4 rings (SSSR count). The fraction of sp³-hybridized carbons (Fsp3) is 0.364. The Morgan fingerprint density at radius 2 is 1.77 bits per heavy atom. The van der Waals surface area contributed by atoms with Crippen LogP contribution in [0.5, 0.6) is 11.6 Å². The summed E-state index contributed by atoms with van der Waals surface area (Å²) in [6.07, 6.45) is 5.08. The molecule has 4 N–H and O–H groups in total. The molecule has 0 aliphatic heterocycles. The molecule has 3 aromatic rings. The Bertz CT molecular complexity index is 1060. The fourth-order valence-electron chi connectivity index (χ4n) is 3.54. The molecular formula is C22H25FN6O. The van der Waals surface area contributed by atoms with Crippen molar-refractivity contribution in [3.05, 3.63) is 59.4 Å². The number of nitrogens with two attached hydrogens (primary N) is 2. The fourth-order valence-corrected chi connectivity index (χ4v) is 3.54. The van der Waals surface area contributed by atoms with Gasteiger partial charge in [-0.15, -0.1) is 0 Å². The number of nitrogens with zero attached hydrogens (tertiary/aromatic N) is 4. The Labute approximate surface area is 174 Å². The van der Waals surface area contributed by atoms with Crippen LogP contribution in [0.1, 0.15) is 62.4 Å². The van der Waals surface area contributed by atoms with Crippen molar-refractivity contribution < 1.29 is 9.13 Å². The molecule has 0 radical (unpaired) electrons. The van der Waals surface area contributed by atoms with Gasteiger partial charge in [0.25, 0.3) is 0 Å². The molecule has 0 saturated heterocycles. The number of rotatable bonds is 4. The number of nitrogen functional groups attached to an aromatic ring is 2. The molecule has 156 valence electrons. The van der Waals surface area contributed by atoms with E-state index in [-0.39, 0.29) is 28.9 Å². The zero-order chi connectivity index (χ0) is 21.5. The standard InChI is InChI=1S/C22H25FN6O/c1-22(2,3)18-9-20(29-21(25)28-18)30-17-5-4-12(8-15(17)23)13-6-14(7-13)16-10-27-19(24)11-26-16/h4-5,8-11,13-14H,6-7H2,1-3H3,(H2,24,27)(H2,25,28,29). The van der Waals surface area contributed by atoms with Crippen LogP contribution in [0, 0.1) is 5.82 Å². The Kier molecular flexibility index (Phi) is 5.01. The third kappa shape index (κ3) is 4.17. The van der Waals surface area contributed by atoms with Crippen LogP contribution in [0.4, 0.5) is 16.2 Å². The summed E-state index contributed by atoms with van der Waals surface area (Å²) in [5, 5.41) is 0. The zero-order valence-corrected chi connectivity index (χ0v) is 17.3. The monoisotopic (exact) mass is 408 g/mol. The van der Waals surface area contributed by atoms with E-state index >= 15 is 0 Å². The van der Waals surface area contributed by atoms with Gasteiger partial charge in [0.1, 0.15) is 5.82 Å². The van der Waals surface area contributed by atoms with Gasteiger partial charge in [-0.05, 0) is 36.5 Å². The lowest BCUT2D eigenvalue weighted by atomic mass is 9.70. The van der Waals surface area contributed by atoms with E-state index in [0.29, 0.717) is 11.7 Å². The highest BCUT2D eigenvalue weighted by atomic mass is 19.1. The Morgan fingerprint density at radius 3 is 2.40 bits per heavy atom. The number of halogens is 1. The van der Waals surface area contributed by atoms with Crippen LogP contribution in [-0.4, -0.2) is 19.9 Å². The molecular weight excluding hydrogens is 383 g/mol. The Morgan fingerprint density at radius 1 is 1.00 bits per heavy atom. The van der Waals surface area contributed by atoms with Gasteiger partial charge in [-0.3, -0.25) is 4.98 Å². The van der Waals surface area contributed by atoms with E-state index in [1.165, 1.54) is 6.07 Å².